The third-order valence-electron chi connectivity index (χ3n) is 5.11. The van der Waals surface area contributed by atoms with Crippen LogP contribution in [0.2, 0.25) is 0 Å². The van der Waals surface area contributed by atoms with Crippen molar-refractivity contribution in [1.29, 1.82) is 0 Å². The molecule has 3 aromatic rings. The van der Waals surface area contributed by atoms with Crippen molar-refractivity contribution in [2.75, 3.05) is 13.1 Å². The van der Waals surface area contributed by atoms with Gasteiger partial charge in [0, 0.05) is 36.0 Å². The van der Waals surface area contributed by atoms with Crippen molar-refractivity contribution in [1.82, 2.24) is 15.6 Å². The number of hydrogen-bond donors (Lipinski definition) is 3. The molecule has 0 saturated carbocycles. The van der Waals surface area contributed by atoms with Gasteiger partial charge in [-0.05, 0) is 17.2 Å². The number of aromatic nitrogens is 1. The lowest BCUT2D eigenvalue weighted by Crippen LogP contribution is -2.42. The first-order valence-corrected chi connectivity index (χ1v) is 9.03. The first-order valence-electron chi connectivity index (χ1n) is 9.03. The number of nitrogens with one attached hydrogen (secondary N) is 3. The highest BCUT2D eigenvalue weighted by molar-refractivity contribution is 5.85. The van der Waals surface area contributed by atoms with Crippen molar-refractivity contribution < 1.29 is 13.6 Å². The van der Waals surface area contributed by atoms with Crippen LogP contribution >= 0.6 is 12.4 Å². The minimum Gasteiger partial charge on any atom is -0.361 e. The van der Waals surface area contributed by atoms with Crippen molar-refractivity contribution in [3.05, 3.63) is 71.9 Å². The van der Waals surface area contributed by atoms with Crippen LogP contribution in [0.25, 0.3) is 10.9 Å². The van der Waals surface area contributed by atoms with Crippen LogP contribution in [0.15, 0.2) is 60.8 Å². The van der Waals surface area contributed by atoms with Gasteiger partial charge in [0.25, 0.3) is 5.92 Å². The quantitative estimate of drug-likeness (QED) is 0.604. The van der Waals surface area contributed by atoms with Crippen molar-refractivity contribution >= 4 is 29.2 Å². The number of hydrogen-bond acceptors (Lipinski definition) is 2. The third kappa shape index (κ3) is 4.18. The maximum atomic E-state index is 13.4. The molecule has 1 amide bonds. The number of H-pyrrole nitrogens is 1. The number of alkyl halides is 2. The summed E-state index contributed by atoms with van der Waals surface area (Å²) in [4.78, 5) is 15.7. The van der Waals surface area contributed by atoms with Crippen LogP contribution in [0, 0.1) is 0 Å². The molecular weight excluding hydrogens is 384 g/mol. The van der Waals surface area contributed by atoms with Crippen LogP contribution < -0.4 is 10.6 Å². The molecule has 4 nitrogen and oxygen atoms in total. The van der Waals surface area contributed by atoms with Crippen LogP contribution in [0.4, 0.5) is 8.78 Å². The minimum atomic E-state index is -2.82. The lowest BCUT2D eigenvalue weighted by atomic mass is 9.91. The lowest BCUT2D eigenvalue weighted by molar-refractivity contribution is -0.123. The first kappa shape index (κ1) is 20.3. The van der Waals surface area contributed by atoms with Gasteiger partial charge in [-0.2, -0.15) is 0 Å². The highest BCUT2D eigenvalue weighted by Gasteiger charge is 2.42. The molecule has 4 rings (SSSR count). The van der Waals surface area contributed by atoms with E-state index < -0.39 is 24.9 Å². The number of rotatable bonds is 5. The van der Waals surface area contributed by atoms with Gasteiger partial charge in [-0.3, -0.25) is 10.1 Å². The summed E-state index contributed by atoms with van der Waals surface area (Å²) in [5.74, 6) is -3.28. The number of carbonyl (C=O) groups is 1. The Morgan fingerprint density at radius 2 is 1.86 bits per heavy atom. The second-order valence-electron chi connectivity index (χ2n) is 6.99. The van der Waals surface area contributed by atoms with Gasteiger partial charge in [-0.15, -0.1) is 12.4 Å². The van der Waals surface area contributed by atoms with E-state index in [9.17, 15) is 13.6 Å². The molecule has 3 N–H and O–H groups in total. The molecule has 0 spiro atoms. The Morgan fingerprint density at radius 3 is 2.57 bits per heavy atom. The van der Waals surface area contributed by atoms with Crippen molar-refractivity contribution in [2.24, 2.45) is 0 Å². The predicted octanol–water partition coefficient (Wildman–Crippen LogP) is 3.84. The molecule has 2 atom stereocenters. The number of fused-ring (bicyclic) bond motifs is 1. The molecule has 1 fully saturated rings. The van der Waals surface area contributed by atoms with E-state index in [1.54, 1.807) is 0 Å². The molecule has 1 aromatic heterocycles. The van der Waals surface area contributed by atoms with E-state index in [1.807, 2.05) is 60.8 Å². The first-order chi connectivity index (χ1) is 13.0. The summed E-state index contributed by atoms with van der Waals surface area (Å²) in [6.45, 7) is -0.107. The zero-order valence-electron chi connectivity index (χ0n) is 15.1. The number of benzene rings is 2. The molecular formula is C21H22ClF2N3O. The monoisotopic (exact) mass is 405 g/mol. The molecule has 0 radical (unpaired) electrons. The lowest BCUT2D eigenvalue weighted by Gasteiger charge is -2.19. The van der Waals surface area contributed by atoms with Gasteiger partial charge >= 0.3 is 0 Å². The van der Waals surface area contributed by atoms with E-state index in [2.05, 4.69) is 15.6 Å². The zero-order valence-corrected chi connectivity index (χ0v) is 15.9. The van der Waals surface area contributed by atoms with E-state index in [0.717, 1.165) is 22.0 Å². The number of para-hydroxylation sites is 1. The number of amides is 1. The van der Waals surface area contributed by atoms with E-state index in [1.165, 1.54) is 0 Å². The van der Waals surface area contributed by atoms with Crippen molar-refractivity contribution in [3.63, 3.8) is 0 Å². The summed E-state index contributed by atoms with van der Waals surface area (Å²) < 4.78 is 26.7. The fraction of sp³-hybridized carbons (Fsp3) is 0.286. The van der Waals surface area contributed by atoms with Crippen LogP contribution in [0.3, 0.4) is 0 Å². The molecule has 1 aliphatic rings. The summed E-state index contributed by atoms with van der Waals surface area (Å²) in [5, 5.41) is 6.56. The predicted molar refractivity (Wildman–Crippen MR) is 108 cm³/mol. The van der Waals surface area contributed by atoms with Gasteiger partial charge in [-0.1, -0.05) is 48.5 Å². The average Bonchev–Trinajstić information content (AvgIpc) is 3.26. The van der Waals surface area contributed by atoms with E-state index in [4.69, 9.17) is 0 Å². The number of aromatic amines is 1. The third-order valence-corrected chi connectivity index (χ3v) is 5.11. The van der Waals surface area contributed by atoms with Gasteiger partial charge in [-0.25, -0.2) is 8.78 Å². The Morgan fingerprint density at radius 1 is 1.14 bits per heavy atom. The Bertz CT molecular complexity index is 945. The molecule has 0 aliphatic carbocycles. The molecule has 2 aromatic carbocycles. The van der Waals surface area contributed by atoms with Gasteiger partial charge in [0.15, 0.2) is 0 Å². The second-order valence-corrected chi connectivity index (χ2v) is 6.99. The van der Waals surface area contributed by atoms with E-state index in [0.29, 0.717) is 6.54 Å². The number of halogens is 3. The van der Waals surface area contributed by atoms with Crippen molar-refractivity contribution in [3.8, 4) is 0 Å². The van der Waals surface area contributed by atoms with Gasteiger partial charge in [0.05, 0.1) is 12.6 Å². The molecule has 148 valence electrons. The second kappa shape index (κ2) is 8.29. The maximum Gasteiger partial charge on any atom is 0.262 e. The molecule has 28 heavy (non-hydrogen) atoms. The average molecular weight is 406 g/mol. The summed E-state index contributed by atoms with van der Waals surface area (Å²) in [6, 6.07) is 17.0. The molecule has 1 aliphatic heterocycles. The minimum absolute atomic E-state index is 0. The summed E-state index contributed by atoms with van der Waals surface area (Å²) in [7, 11) is 0. The molecule has 1 saturated heterocycles. The Balaban J connectivity index is 0.00000225. The zero-order chi connectivity index (χ0) is 18.9. The Labute approximate surface area is 168 Å². The van der Waals surface area contributed by atoms with Crippen molar-refractivity contribution in [2.45, 2.75) is 24.3 Å². The van der Waals surface area contributed by atoms with Crippen LogP contribution in [0.5, 0.6) is 0 Å². The topological polar surface area (TPSA) is 56.9 Å². The molecule has 2 unspecified atom stereocenters. The smallest absolute Gasteiger partial charge is 0.262 e. The standard InChI is InChI=1S/C21H21F2N3O.ClH/c22-21(23)10-19(26-13-21)20(27)25-11-16(14-6-2-1-3-7-14)17-12-24-18-9-5-4-8-15(17)18;/h1-9,12,16,19,24,26H,10-11,13H2,(H,25,27);1H. The normalized spacial score (nSPS) is 19.1. The number of carbonyl (C=O) groups excluding carboxylic acids is 1. The summed E-state index contributed by atoms with van der Waals surface area (Å²) >= 11 is 0. The highest BCUT2D eigenvalue weighted by Crippen LogP contribution is 2.31. The fourth-order valence-corrected chi connectivity index (χ4v) is 3.70. The van der Waals surface area contributed by atoms with Crippen LogP contribution in [-0.2, 0) is 4.79 Å². The van der Waals surface area contributed by atoms with Gasteiger partial charge in [0.2, 0.25) is 5.91 Å². The van der Waals surface area contributed by atoms with Crippen LogP contribution in [0.1, 0.15) is 23.5 Å². The largest absolute Gasteiger partial charge is 0.361 e. The van der Waals surface area contributed by atoms with Crippen LogP contribution in [-0.4, -0.2) is 35.9 Å². The summed E-state index contributed by atoms with van der Waals surface area (Å²) in [5.41, 5.74) is 3.16. The molecule has 2 heterocycles. The van der Waals surface area contributed by atoms with E-state index in [-0.39, 0.29) is 24.2 Å². The van der Waals surface area contributed by atoms with Gasteiger partial charge < -0.3 is 10.3 Å². The summed E-state index contributed by atoms with van der Waals surface area (Å²) in [6.07, 6.45) is 1.50. The SMILES string of the molecule is Cl.O=C(NCC(c1ccccc1)c1c[nH]c2ccccc12)C1CC(F)(F)CN1. The molecule has 7 heteroatoms. The Hall–Kier alpha value is -2.44. The Kier molecular flexibility index (Phi) is 6.01. The fourth-order valence-electron chi connectivity index (χ4n) is 3.70. The van der Waals surface area contributed by atoms with Gasteiger partial charge in [0.1, 0.15) is 0 Å². The van der Waals surface area contributed by atoms with E-state index >= 15 is 0 Å². The maximum absolute atomic E-state index is 13.4. The molecule has 0 bridgehead atoms. The highest BCUT2D eigenvalue weighted by atomic mass is 35.5.